The molecule has 0 unspecified atom stereocenters. The summed E-state index contributed by atoms with van der Waals surface area (Å²) >= 11 is 0. The largest absolute Gasteiger partial charge is 0.508 e. The molecule has 4 saturated carbocycles. The fraction of sp³-hybridized carbons (Fsp3) is 0.758. The van der Waals surface area contributed by atoms with Crippen molar-refractivity contribution in [3.8, 4) is 17.6 Å². The molecule has 4 nitrogen and oxygen atoms in total. The number of nitrogens with two attached hydrogens (primary N) is 1. The summed E-state index contributed by atoms with van der Waals surface area (Å²) in [6.07, 6.45) is 16.1. The monoisotopic (exact) mass is 503 g/mol. The van der Waals surface area contributed by atoms with Crippen molar-refractivity contribution in [2.75, 3.05) is 6.61 Å². The summed E-state index contributed by atoms with van der Waals surface area (Å²) in [5, 5.41) is 20.6. The Balaban J connectivity index is 1.41. The van der Waals surface area contributed by atoms with Gasteiger partial charge in [0.15, 0.2) is 0 Å². The van der Waals surface area contributed by atoms with E-state index in [1.54, 1.807) is 0 Å². The topological polar surface area (TPSA) is 75.7 Å². The molecular weight excluding hydrogens is 458 g/mol. The third-order valence-corrected chi connectivity index (χ3v) is 12.1. The van der Waals surface area contributed by atoms with Gasteiger partial charge >= 0.3 is 0 Å². The predicted octanol–water partition coefficient (Wildman–Crippen LogP) is 5.51. The van der Waals surface area contributed by atoms with Crippen molar-refractivity contribution in [3.05, 3.63) is 29.3 Å². The number of rotatable bonds is 2. The lowest BCUT2D eigenvalue weighted by atomic mass is 9.42. The molecule has 6 fully saturated rings. The number of aliphatic hydroxyl groups excluding tert-OH is 1. The molecule has 2 spiro atoms. The maximum atomic E-state index is 10.3. The summed E-state index contributed by atoms with van der Waals surface area (Å²) in [6, 6.07) is 5.93. The molecule has 2 aliphatic heterocycles. The number of aliphatic hydroxyl groups is 1. The van der Waals surface area contributed by atoms with Crippen molar-refractivity contribution in [3.63, 3.8) is 0 Å². The Hall–Kier alpha value is -1.54. The Kier molecular flexibility index (Phi) is 5.61. The second-order valence-corrected chi connectivity index (χ2v) is 14.3. The molecule has 2 heterocycles. The number of hydrogen-bond donors (Lipinski definition) is 3. The predicted molar refractivity (Wildman–Crippen MR) is 145 cm³/mol. The van der Waals surface area contributed by atoms with E-state index >= 15 is 0 Å². The maximum absolute atomic E-state index is 10.3. The first-order chi connectivity index (χ1) is 17.8. The lowest BCUT2D eigenvalue weighted by molar-refractivity contribution is -0.343. The lowest BCUT2D eigenvalue weighted by Crippen LogP contribution is -2.81. The highest BCUT2D eigenvalue weighted by molar-refractivity contribution is 5.39. The molecule has 6 bridgehead atoms. The molecule has 0 aromatic heterocycles. The molecule has 200 valence electrons. The van der Waals surface area contributed by atoms with Crippen molar-refractivity contribution in [1.29, 1.82) is 0 Å². The van der Waals surface area contributed by atoms with Crippen molar-refractivity contribution in [1.82, 2.24) is 0 Å². The highest BCUT2D eigenvalue weighted by Crippen LogP contribution is 2.69. The average Bonchev–Trinajstić information content (AvgIpc) is 3.27. The minimum absolute atomic E-state index is 0.0550. The van der Waals surface area contributed by atoms with E-state index in [9.17, 15) is 10.2 Å². The molecule has 2 saturated heterocycles. The molecule has 5 aliphatic carbocycles. The molecule has 1 aromatic carbocycles. The number of phenolic OH excluding ortho intramolecular Hbond substituents is 1. The fourth-order valence-corrected chi connectivity index (χ4v) is 11.2. The number of ether oxygens (including phenoxy) is 1. The number of fused-ring (bicyclic) bond motifs is 3. The van der Waals surface area contributed by atoms with E-state index in [1.807, 2.05) is 12.1 Å². The van der Waals surface area contributed by atoms with Crippen molar-refractivity contribution in [2.45, 2.75) is 114 Å². The maximum Gasteiger partial charge on any atom is 0.115 e. The van der Waals surface area contributed by atoms with Crippen LogP contribution in [0.2, 0.25) is 0 Å². The third-order valence-electron chi connectivity index (χ3n) is 12.1. The molecule has 4 N–H and O–H groups in total. The van der Waals surface area contributed by atoms with Gasteiger partial charge < -0.3 is 20.7 Å². The van der Waals surface area contributed by atoms with Crippen LogP contribution in [0.1, 0.15) is 95.1 Å². The van der Waals surface area contributed by atoms with Gasteiger partial charge in [-0.2, -0.15) is 0 Å². The third kappa shape index (κ3) is 3.60. The van der Waals surface area contributed by atoms with Crippen LogP contribution in [-0.2, 0) is 17.6 Å². The molecule has 8 atom stereocenters. The normalized spacial score (nSPS) is 45.3. The standard InChI is InChI=1S/C33H45NO3/c1-30-11-5-7-25-20-33(37-30)26-17-22(19-31(21-26)12-2-3-13-31)16-24-9-10-27(36)18-23(24)6-4-8-28(33)32(34,14-15-35)29(25)30/h9-10,18,22,25-26,28-29,35-36H,2-3,5-7,11-17,19-21,34H2,1H3/t22-,25+,26-,28+,29-,30+,32-,33+/m0/s1. The van der Waals surface area contributed by atoms with Gasteiger partial charge in [0.25, 0.3) is 0 Å². The Morgan fingerprint density at radius 1 is 1.08 bits per heavy atom. The average molecular weight is 504 g/mol. The quantitative estimate of drug-likeness (QED) is 0.465. The van der Waals surface area contributed by atoms with Gasteiger partial charge in [-0.25, -0.2) is 0 Å². The van der Waals surface area contributed by atoms with Gasteiger partial charge in [0.05, 0.1) is 17.1 Å². The van der Waals surface area contributed by atoms with Gasteiger partial charge in [0.1, 0.15) is 5.75 Å². The first kappa shape index (κ1) is 24.5. The van der Waals surface area contributed by atoms with Crippen LogP contribution in [0.3, 0.4) is 0 Å². The van der Waals surface area contributed by atoms with E-state index in [1.165, 1.54) is 68.9 Å². The van der Waals surface area contributed by atoms with Gasteiger partial charge in [-0.05, 0) is 118 Å². The minimum Gasteiger partial charge on any atom is -0.508 e. The zero-order valence-corrected chi connectivity index (χ0v) is 22.6. The van der Waals surface area contributed by atoms with Crippen LogP contribution in [0.15, 0.2) is 18.2 Å². The van der Waals surface area contributed by atoms with Crippen LogP contribution >= 0.6 is 0 Å². The van der Waals surface area contributed by atoms with Crippen LogP contribution in [0.5, 0.6) is 5.75 Å². The molecule has 8 rings (SSSR count). The summed E-state index contributed by atoms with van der Waals surface area (Å²) < 4.78 is 7.53. The minimum atomic E-state index is -0.524. The van der Waals surface area contributed by atoms with E-state index in [4.69, 9.17) is 10.5 Å². The van der Waals surface area contributed by atoms with Gasteiger partial charge in [0, 0.05) is 24.5 Å². The van der Waals surface area contributed by atoms with E-state index < -0.39 is 5.54 Å². The molecule has 1 aromatic rings. The second kappa shape index (κ2) is 8.48. The van der Waals surface area contributed by atoms with E-state index in [0.29, 0.717) is 41.8 Å². The molecule has 37 heavy (non-hydrogen) atoms. The van der Waals surface area contributed by atoms with Crippen LogP contribution in [0, 0.1) is 46.8 Å². The molecule has 0 radical (unpaired) electrons. The zero-order valence-electron chi connectivity index (χ0n) is 22.6. The van der Waals surface area contributed by atoms with Gasteiger partial charge in [-0.3, -0.25) is 0 Å². The molecule has 7 aliphatic rings. The second-order valence-electron chi connectivity index (χ2n) is 14.3. The molecular formula is C33H45NO3. The van der Waals surface area contributed by atoms with Crippen molar-refractivity contribution < 1.29 is 14.9 Å². The van der Waals surface area contributed by atoms with Crippen LogP contribution in [0.4, 0.5) is 0 Å². The van der Waals surface area contributed by atoms with Crippen LogP contribution in [-0.4, -0.2) is 33.6 Å². The van der Waals surface area contributed by atoms with Gasteiger partial charge in [-0.1, -0.05) is 37.2 Å². The van der Waals surface area contributed by atoms with Crippen molar-refractivity contribution in [2.24, 2.45) is 40.7 Å². The summed E-state index contributed by atoms with van der Waals surface area (Å²) in [6.45, 7) is 2.46. The van der Waals surface area contributed by atoms with Crippen molar-refractivity contribution >= 4 is 0 Å². The van der Waals surface area contributed by atoms with E-state index in [2.05, 4.69) is 24.8 Å². The van der Waals surface area contributed by atoms with Crippen LogP contribution in [0.25, 0.3) is 0 Å². The molecule has 0 amide bonds. The highest BCUT2D eigenvalue weighted by Gasteiger charge is 2.73. The summed E-state index contributed by atoms with van der Waals surface area (Å²) in [4.78, 5) is 0. The van der Waals surface area contributed by atoms with Crippen LogP contribution < -0.4 is 5.73 Å². The van der Waals surface area contributed by atoms with E-state index in [0.717, 1.165) is 19.3 Å². The summed E-state index contributed by atoms with van der Waals surface area (Å²) in [5.41, 5.74) is 9.47. The number of benzene rings is 1. The first-order valence-electron chi connectivity index (χ1n) is 15.2. The number of hydrogen-bond acceptors (Lipinski definition) is 4. The van der Waals surface area contributed by atoms with Gasteiger partial charge in [-0.15, -0.1) is 0 Å². The smallest absolute Gasteiger partial charge is 0.115 e. The Bertz CT molecular complexity index is 1130. The summed E-state index contributed by atoms with van der Waals surface area (Å²) in [7, 11) is 0. The number of phenols is 1. The van der Waals surface area contributed by atoms with Gasteiger partial charge in [0.2, 0.25) is 0 Å². The number of aromatic hydroxyl groups is 1. The Morgan fingerprint density at radius 3 is 2.70 bits per heavy atom. The molecule has 4 heteroatoms. The highest BCUT2D eigenvalue weighted by atomic mass is 16.5. The summed E-state index contributed by atoms with van der Waals surface area (Å²) in [5.74, 6) is 9.53. The fourth-order valence-electron chi connectivity index (χ4n) is 11.2. The Labute approximate surface area is 222 Å². The lowest BCUT2D eigenvalue weighted by Gasteiger charge is -2.73. The van der Waals surface area contributed by atoms with E-state index in [-0.39, 0.29) is 29.6 Å². The Morgan fingerprint density at radius 2 is 1.92 bits per heavy atom. The first-order valence-corrected chi connectivity index (χ1v) is 15.2. The zero-order chi connectivity index (χ0) is 25.5. The SMILES string of the molecule is C[C@]12CCC[C@@H]3C[C@@]4(O1)[C@H]1C[C@H](Cc5ccc(O)cc5CC#C[C@@H]4[C@@](N)(CCO)[C@@H]32)CC2(CCCC2)C1.